The molecular weight excluding hydrogens is 186 g/mol. The molecule has 0 heterocycles. The first-order valence-corrected chi connectivity index (χ1v) is 3.47. The minimum Gasteiger partial charge on any atom is -0.496 e. The minimum absolute atomic E-state index is 0.121. The molecule has 0 amide bonds. The Bertz CT molecular complexity index is 352. The van der Waals surface area contributed by atoms with Gasteiger partial charge in [0.25, 0.3) is 0 Å². The van der Waals surface area contributed by atoms with Gasteiger partial charge in [0.15, 0.2) is 11.6 Å². The van der Waals surface area contributed by atoms with Crippen molar-refractivity contribution < 1.29 is 16.3 Å². The van der Waals surface area contributed by atoms with Crippen LogP contribution < -0.4 is 4.74 Å². The Morgan fingerprint density at radius 2 is 2.25 bits per heavy atom. The average molecular weight is 195 g/mol. The van der Waals surface area contributed by atoms with Crippen LogP contribution in [0, 0.1) is 11.6 Å². The number of hydrogen-bond acceptors (Lipinski definition) is 1. The SMILES string of the molecule is [2H]C([2H])(Cl)c1c(OC)ccc(F)c1F. The van der Waals surface area contributed by atoms with Crippen molar-refractivity contribution in [3.8, 4) is 5.75 Å². The topological polar surface area (TPSA) is 9.23 Å². The van der Waals surface area contributed by atoms with E-state index in [9.17, 15) is 8.78 Å². The fraction of sp³-hybridized carbons (Fsp3) is 0.250. The Morgan fingerprint density at radius 3 is 2.75 bits per heavy atom. The van der Waals surface area contributed by atoms with E-state index in [1.54, 1.807) is 0 Å². The summed E-state index contributed by atoms with van der Waals surface area (Å²) in [5.41, 5.74) is -0.623. The molecule has 0 aliphatic heterocycles. The van der Waals surface area contributed by atoms with Crippen molar-refractivity contribution in [1.82, 2.24) is 0 Å². The molecule has 0 fully saturated rings. The zero-order chi connectivity index (χ0) is 10.9. The highest BCUT2D eigenvalue weighted by Crippen LogP contribution is 2.24. The lowest BCUT2D eigenvalue weighted by Crippen LogP contribution is -1.96. The van der Waals surface area contributed by atoms with Gasteiger partial charge in [-0.05, 0) is 12.1 Å². The summed E-state index contributed by atoms with van der Waals surface area (Å²) in [5.74, 6) is -5.11. The fourth-order valence-electron chi connectivity index (χ4n) is 0.791. The number of benzene rings is 1. The van der Waals surface area contributed by atoms with E-state index in [1.165, 1.54) is 7.11 Å². The average Bonchev–Trinajstić information content (AvgIpc) is 2.07. The van der Waals surface area contributed by atoms with Gasteiger partial charge in [-0.1, -0.05) is 0 Å². The highest BCUT2D eigenvalue weighted by molar-refractivity contribution is 6.17. The fourth-order valence-corrected chi connectivity index (χ4v) is 0.967. The molecule has 1 nitrogen and oxygen atoms in total. The summed E-state index contributed by atoms with van der Waals surface area (Å²) in [4.78, 5) is 0. The van der Waals surface area contributed by atoms with Crippen LogP contribution in [0.2, 0.25) is 0 Å². The van der Waals surface area contributed by atoms with Crippen molar-refractivity contribution in [3.05, 3.63) is 29.3 Å². The number of halogens is 3. The van der Waals surface area contributed by atoms with E-state index in [0.29, 0.717) is 0 Å². The van der Waals surface area contributed by atoms with Crippen molar-refractivity contribution in [2.75, 3.05) is 7.11 Å². The van der Waals surface area contributed by atoms with Crippen LogP contribution in [0.15, 0.2) is 12.1 Å². The summed E-state index contributed by atoms with van der Waals surface area (Å²) in [6.45, 7) is 0. The normalized spacial score (nSPS) is 13.7. The summed E-state index contributed by atoms with van der Waals surface area (Å²) < 4.78 is 44.8. The molecular formula is C8H7ClF2O. The molecule has 0 N–H and O–H groups in total. The van der Waals surface area contributed by atoms with Crippen LogP contribution in [0.1, 0.15) is 8.30 Å². The van der Waals surface area contributed by atoms with E-state index in [-0.39, 0.29) is 5.75 Å². The zero-order valence-corrected chi connectivity index (χ0v) is 6.95. The second-order valence-electron chi connectivity index (χ2n) is 2.03. The van der Waals surface area contributed by atoms with E-state index >= 15 is 0 Å². The number of ether oxygens (including phenoxy) is 1. The smallest absolute Gasteiger partial charge is 0.166 e. The molecule has 0 aliphatic carbocycles. The summed E-state index contributed by atoms with van der Waals surface area (Å²) in [7, 11) is 1.22. The van der Waals surface area contributed by atoms with Gasteiger partial charge in [0.05, 0.1) is 12.9 Å². The summed E-state index contributed by atoms with van der Waals surface area (Å²) in [6.07, 6.45) is 0. The third kappa shape index (κ3) is 1.50. The molecule has 0 saturated carbocycles. The molecule has 0 saturated heterocycles. The molecule has 0 radical (unpaired) electrons. The van der Waals surface area contributed by atoms with Gasteiger partial charge in [0, 0.05) is 8.30 Å². The van der Waals surface area contributed by atoms with E-state index in [2.05, 4.69) is 4.74 Å². The molecule has 0 bridgehead atoms. The third-order valence-electron chi connectivity index (χ3n) is 1.37. The molecule has 4 heteroatoms. The van der Waals surface area contributed by atoms with E-state index in [4.69, 9.17) is 14.3 Å². The van der Waals surface area contributed by atoms with Gasteiger partial charge in [-0.25, -0.2) is 8.78 Å². The number of alkyl halides is 1. The van der Waals surface area contributed by atoms with Crippen LogP contribution >= 0.6 is 11.6 Å². The molecule has 66 valence electrons. The summed E-state index contributed by atoms with van der Waals surface area (Å²) in [6, 6.07) is 1.97. The lowest BCUT2D eigenvalue weighted by atomic mass is 10.2. The molecule has 1 aromatic rings. The maximum Gasteiger partial charge on any atom is 0.166 e. The first kappa shape index (κ1) is 6.66. The van der Waals surface area contributed by atoms with Gasteiger partial charge in [-0.2, -0.15) is 0 Å². The van der Waals surface area contributed by atoms with Crippen LogP contribution in [0.5, 0.6) is 5.75 Å². The van der Waals surface area contributed by atoms with Crippen LogP contribution in [-0.2, 0) is 5.83 Å². The van der Waals surface area contributed by atoms with Gasteiger partial charge in [0.2, 0.25) is 0 Å². The molecule has 0 aromatic heterocycles. The molecule has 1 aromatic carbocycles. The van der Waals surface area contributed by atoms with E-state index < -0.39 is 23.0 Å². The number of methoxy groups -OCH3 is 1. The van der Waals surface area contributed by atoms with E-state index in [0.717, 1.165) is 12.1 Å². The van der Waals surface area contributed by atoms with Gasteiger partial charge in [-0.3, -0.25) is 0 Å². The van der Waals surface area contributed by atoms with Crippen LogP contribution in [0.4, 0.5) is 8.78 Å². The Kier molecular flexibility index (Phi) is 2.06. The number of rotatable bonds is 2. The predicted molar refractivity (Wildman–Crippen MR) is 42.5 cm³/mol. The Morgan fingerprint density at radius 1 is 1.58 bits per heavy atom. The van der Waals surface area contributed by atoms with Gasteiger partial charge < -0.3 is 4.74 Å². The molecule has 0 aliphatic rings. The van der Waals surface area contributed by atoms with Crippen molar-refractivity contribution in [3.63, 3.8) is 0 Å². The maximum atomic E-state index is 13.2. The van der Waals surface area contributed by atoms with E-state index in [1.807, 2.05) is 0 Å². The Hall–Kier alpha value is -0.830. The largest absolute Gasteiger partial charge is 0.496 e. The highest BCUT2D eigenvalue weighted by atomic mass is 35.5. The Labute approximate surface area is 76.7 Å². The summed E-state index contributed by atoms with van der Waals surface area (Å²) in [5, 5.41) is 0. The standard InChI is InChI=1S/C8H7ClF2O/c1-12-7-3-2-6(10)8(11)5(7)4-9/h2-3H,4H2,1H3/i4D2. The van der Waals surface area contributed by atoms with Crippen LogP contribution in [0.3, 0.4) is 0 Å². The molecule has 1 rings (SSSR count). The quantitative estimate of drug-likeness (QED) is 0.658. The van der Waals surface area contributed by atoms with Crippen molar-refractivity contribution in [1.29, 1.82) is 0 Å². The van der Waals surface area contributed by atoms with Crippen LogP contribution in [-0.4, -0.2) is 7.11 Å². The molecule has 12 heavy (non-hydrogen) atoms. The Balaban J connectivity index is 3.44. The van der Waals surface area contributed by atoms with Crippen molar-refractivity contribution >= 4 is 11.6 Å². The van der Waals surface area contributed by atoms with Gasteiger partial charge in [0.1, 0.15) is 5.75 Å². The maximum absolute atomic E-state index is 13.2. The molecule has 0 atom stereocenters. The lowest BCUT2D eigenvalue weighted by Gasteiger charge is -2.06. The monoisotopic (exact) mass is 194 g/mol. The third-order valence-corrected chi connectivity index (χ3v) is 1.56. The van der Waals surface area contributed by atoms with Gasteiger partial charge in [-0.15, -0.1) is 11.6 Å². The summed E-state index contributed by atoms with van der Waals surface area (Å²) >= 11 is 5.27. The molecule has 0 unspecified atom stereocenters. The highest BCUT2D eigenvalue weighted by Gasteiger charge is 2.12. The van der Waals surface area contributed by atoms with Crippen molar-refractivity contribution in [2.24, 2.45) is 0 Å². The second kappa shape index (κ2) is 3.72. The van der Waals surface area contributed by atoms with Crippen LogP contribution in [0.25, 0.3) is 0 Å². The first-order valence-electron chi connectivity index (χ1n) is 4.09. The second-order valence-corrected chi connectivity index (χ2v) is 2.22. The van der Waals surface area contributed by atoms with Gasteiger partial charge >= 0.3 is 0 Å². The molecule has 0 spiro atoms. The minimum atomic E-state index is -2.50. The predicted octanol–water partition coefficient (Wildman–Crippen LogP) is 2.71. The lowest BCUT2D eigenvalue weighted by molar-refractivity contribution is 0.400. The number of hydrogen-bond donors (Lipinski definition) is 0. The van der Waals surface area contributed by atoms with Crippen molar-refractivity contribution in [2.45, 2.75) is 5.83 Å². The first-order chi connectivity index (χ1) is 6.38. The zero-order valence-electron chi connectivity index (χ0n) is 8.20.